The maximum atomic E-state index is 12.0. The molecule has 0 aliphatic heterocycles. The van der Waals surface area contributed by atoms with Crippen LogP contribution in [0.5, 0.6) is 5.75 Å². The summed E-state index contributed by atoms with van der Waals surface area (Å²) in [6, 6.07) is 5.78. The number of benzene rings is 1. The summed E-state index contributed by atoms with van der Waals surface area (Å²) in [5.41, 5.74) is 1.36. The second-order valence-corrected chi connectivity index (χ2v) is 10.8. The van der Waals surface area contributed by atoms with Gasteiger partial charge in [-0.25, -0.2) is 0 Å². The van der Waals surface area contributed by atoms with Crippen molar-refractivity contribution in [3.63, 3.8) is 0 Å². The van der Waals surface area contributed by atoms with Crippen LogP contribution < -0.4 is 4.18 Å². The van der Waals surface area contributed by atoms with Crippen LogP contribution in [0.1, 0.15) is 69.4 Å². The normalized spacial score (nSPS) is 36.7. The molecular weight excluding hydrogens is 372 g/mol. The standard InChI is InChI=1S/C23H30O4S/c1-4-14-28(25,26)27-17-7-9-18-16(15-17)6-8-20-19(18)10-12-22(3)21(20)11-13-23(22,24)5-2/h2,7,9,15,19-21,24H,4,6,8,10-14H2,1,3H3/t19-,20-,21+,22+,23+/m1/s1. The van der Waals surface area contributed by atoms with Crippen molar-refractivity contribution in [1.82, 2.24) is 0 Å². The SMILES string of the molecule is C#C[C@]1(O)CC[C@H]2[C@@H]3CCc4cc(OS(=O)(=O)CCC)ccc4[C@H]3CC[C@@]21C. The lowest BCUT2D eigenvalue weighted by Gasteiger charge is -2.52. The minimum Gasteiger partial charge on any atom is -0.382 e. The molecule has 0 saturated heterocycles. The number of hydrogen-bond acceptors (Lipinski definition) is 4. The van der Waals surface area contributed by atoms with E-state index in [1.807, 2.05) is 13.0 Å². The Bertz CT molecular complexity index is 915. The number of fused-ring (bicyclic) bond motifs is 5. The fourth-order valence-electron chi connectivity index (χ4n) is 6.30. The third-order valence-corrected chi connectivity index (χ3v) is 9.12. The monoisotopic (exact) mass is 402 g/mol. The van der Waals surface area contributed by atoms with Crippen molar-refractivity contribution < 1.29 is 17.7 Å². The molecule has 3 aliphatic rings. The molecule has 2 saturated carbocycles. The summed E-state index contributed by atoms with van der Waals surface area (Å²) >= 11 is 0. The number of aliphatic hydroxyl groups is 1. The summed E-state index contributed by atoms with van der Waals surface area (Å²) < 4.78 is 29.3. The van der Waals surface area contributed by atoms with Gasteiger partial charge in [0.2, 0.25) is 0 Å². The minimum absolute atomic E-state index is 0.0349. The van der Waals surface area contributed by atoms with Gasteiger partial charge in [0.15, 0.2) is 0 Å². The van der Waals surface area contributed by atoms with Crippen molar-refractivity contribution >= 4 is 10.1 Å². The van der Waals surface area contributed by atoms with E-state index in [-0.39, 0.29) is 11.2 Å². The molecule has 4 rings (SSSR count). The summed E-state index contributed by atoms with van der Waals surface area (Å²) in [4.78, 5) is 0. The predicted octanol–water partition coefficient (Wildman–Crippen LogP) is 4.03. The summed E-state index contributed by atoms with van der Waals surface area (Å²) in [5.74, 6) is 4.61. The maximum Gasteiger partial charge on any atom is 0.309 e. The van der Waals surface area contributed by atoms with Crippen LogP contribution in [0.4, 0.5) is 0 Å². The minimum atomic E-state index is -3.52. The summed E-state index contributed by atoms with van der Waals surface area (Å²) in [6.45, 7) is 4.01. The summed E-state index contributed by atoms with van der Waals surface area (Å²) in [5, 5.41) is 11.0. The van der Waals surface area contributed by atoms with Gasteiger partial charge in [0, 0.05) is 5.41 Å². The van der Waals surface area contributed by atoms with Gasteiger partial charge in [-0.2, -0.15) is 8.42 Å². The molecule has 0 heterocycles. The summed E-state index contributed by atoms with van der Waals surface area (Å²) in [6.07, 6.45) is 11.9. The Balaban J connectivity index is 1.60. The van der Waals surface area contributed by atoms with E-state index in [4.69, 9.17) is 10.6 Å². The highest BCUT2D eigenvalue weighted by atomic mass is 32.2. The molecule has 4 nitrogen and oxygen atoms in total. The molecule has 152 valence electrons. The molecule has 1 aromatic rings. The number of hydrogen-bond donors (Lipinski definition) is 1. The van der Waals surface area contributed by atoms with E-state index in [1.54, 1.807) is 6.07 Å². The Morgan fingerprint density at radius 3 is 2.79 bits per heavy atom. The van der Waals surface area contributed by atoms with Crippen LogP contribution in [0, 0.1) is 29.6 Å². The average Bonchev–Trinajstić information content (AvgIpc) is 2.92. The average molecular weight is 403 g/mol. The van der Waals surface area contributed by atoms with Crippen molar-refractivity contribution in [2.24, 2.45) is 17.3 Å². The second-order valence-electron chi connectivity index (χ2n) is 9.12. The molecule has 5 atom stereocenters. The highest BCUT2D eigenvalue weighted by Gasteiger charge is 2.61. The highest BCUT2D eigenvalue weighted by molar-refractivity contribution is 7.87. The smallest absolute Gasteiger partial charge is 0.309 e. The van der Waals surface area contributed by atoms with Crippen molar-refractivity contribution in [3.05, 3.63) is 29.3 Å². The van der Waals surface area contributed by atoms with Crippen molar-refractivity contribution in [2.45, 2.75) is 70.3 Å². The molecule has 2 fully saturated rings. The van der Waals surface area contributed by atoms with Gasteiger partial charge in [0.1, 0.15) is 11.4 Å². The van der Waals surface area contributed by atoms with Gasteiger partial charge >= 0.3 is 10.1 Å². The van der Waals surface area contributed by atoms with Crippen LogP contribution in [0.2, 0.25) is 0 Å². The molecule has 0 unspecified atom stereocenters. The largest absolute Gasteiger partial charge is 0.382 e. The second kappa shape index (κ2) is 6.78. The van der Waals surface area contributed by atoms with Gasteiger partial charge in [0.05, 0.1) is 5.75 Å². The third kappa shape index (κ3) is 2.97. The van der Waals surface area contributed by atoms with Crippen LogP contribution in [0.25, 0.3) is 0 Å². The van der Waals surface area contributed by atoms with E-state index in [0.717, 1.165) is 32.1 Å². The van der Waals surface area contributed by atoms with Gasteiger partial charge in [-0.3, -0.25) is 0 Å². The Kier molecular flexibility index (Phi) is 4.79. The molecule has 1 N–H and O–H groups in total. The van der Waals surface area contributed by atoms with E-state index in [1.165, 1.54) is 11.1 Å². The lowest BCUT2D eigenvalue weighted by atomic mass is 9.53. The zero-order valence-electron chi connectivity index (χ0n) is 16.8. The van der Waals surface area contributed by atoms with Crippen molar-refractivity contribution in [3.8, 4) is 18.1 Å². The topological polar surface area (TPSA) is 63.6 Å². The van der Waals surface area contributed by atoms with E-state index < -0.39 is 15.7 Å². The van der Waals surface area contributed by atoms with Gasteiger partial charge in [-0.1, -0.05) is 25.8 Å². The third-order valence-electron chi connectivity index (χ3n) is 7.77. The van der Waals surface area contributed by atoms with Crippen molar-refractivity contribution in [1.29, 1.82) is 0 Å². The fourth-order valence-corrected chi connectivity index (χ4v) is 7.28. The van der Waals surface area contributed by atoms with E-state index in [0.29, 0.717) is 36.3 Å². The Morgan fingerprint density at radius 2 is 2.07 bits per heavy atom. The Hall–Kier alpha value is -1.51. The van der Waals surface area contributed by atoms with Crippen LogP contribution in [-0.2, 0) is 16.5 Å². The first kappa shape index (κ1) is 19.8. The molecule has 0 radical (unpaired) electrons. The first-order valence-electron chi connectivity index (χ1n) is 10.5. The summed E-state index contributed by atoms with van der Waals surface area (Å²) in [7, 11) is -3.52. The quantitative estimate of drug-likeness (QED) is 0.610. The fraction of sp³-hybridized carbons (Fsp3) is 0.652. The van der Waals surface area contributed by atoms with Crippen LogP contribution in [-0.4, -0.2) is 24.9 Å². The van der Waals surface area contributed by atoms with E-state index >= 15 is 0 Å². The zero-order valence-corrected chi connectivity index (χ0v) is 17.6. The maximum absolute atomic E-state index is 12.0. The molecule has 0 bridgehead atoms. The molecule has 28 heavy (non-hydrogen) atoms. The lowest BCUT2D eigenvalue weighted by Crippen LogP contribution is -2.50. The lowest BCUT2D eigenvalue weighted by molar-refractivity contribution is -0.0646. The first-order valence-corrected chi connectivity index (χ1v) is 12.1. The van der Waals surface area contributed by atoms with E-state index in [2.05, 4.69) is 18.9 Å². The molecule has 0 amide bonds. The van der Waals surface area contributed by atoms with E-state index in [9.17, 15) is 13.5 Å². The number of aryl methyl sites for hydroxylation is 1. The predicted molar refractivity (Wildman–Crippen MR) is 110 cm³/mol. The van der Waals surface area contributed by atoms with Gasteiger partial charge in [0.25, 0.3) is 0 Å². The van der Waals surface area contributed by atoms with Crippen LogP contribution in [0.15, 0.2) is 18.2 Å². The molecule has 0 aromatic heterocycles. The Labute approximate surface area is 168 Å². The molecule has 3 aliphatic carbocycles. The zero-order chi connectivity index (χ0) is 20.2. The number of terminal acetylenes is 1. The van der Waals surface area contributed by atoms with Crippen LogP contribution in [0.3, 0.4) is 0 Å². The highest BCUT2D eigenvalue weighted by Crippen LogP contribution is 2.64. The molecular formula is C23H30O4S. The first-order chi connectivity index (χ1) is 13.2. The van der Waals surface area contributed by atoms with Gasteiger partial charge < -0.3 is 9.29 Å². The molecule has 1 aromatic carbocycles. The van der Waals surface area contributed by atoms with Crippen molar-refractivity contribution in [2.75, 3.05) is 5.75 Å². The van der Waals surface area contributed by atoms with Crippen LogP contribution >= 0.6 is 0 Å². The number of rotatable bonds is 4. The van der Waals surface area contributed by atoms with Gasteiger partial charge in [-0.15, -0.1) is 6.42 Å². The van der Waals surface area contributed by atoms with Gasteiger partial charge in [-0.05, 0) is 86.0 Å². The molecule has 5 heteroatoms. The Morgan fingerprint density at radius 1 is 1.29 bits per heavy atom. The molecule has 0 spiro atoms.